The third-order valence-corrected chi connectivity index (χ3v) is 3.08. The summed E-state index contributed by atoms with van der Waals surface area (Å²) in [6.45, 7) is 7.87. The van der Waals surface area contributed by atoms with E-state index in [1.165, 1.54) is 6.07 Å². The molecule has 0 aliphatic carbocycles. The molecule has 0 saturated heterocycles. The van der Waals surface area contributed by atoms with Crippen molar-refractivity contribution in [2.24, 2.45) is 5.41 Å². The van der Waals surface area contributed by atoms with E-state index in [0.29, 0.717) is 19.5 Å². The van der Waals surface area contributed by atoms with Crippen LogP contribution in [0.25, 0.3) is 0 Å². The molecule has 0 aliphatic rings. The number of hydrogen-bond acceptors (Lipinski definition) is 3. The molecule has 0 aromatic heterocycles. The van der Waals surface area contributed by atoms with E-state index < -0.39 is 17.7 Å². The van der Waals surface area contributed by atoms with Crippen LogP contribution in [0.15, 0.2) is 18.2 Å². The van der Waals surface area contributed by atoms with Gasteiger partial charge in [-0.05, 0) is 17.9 Å². The molecule has 0 bridgehead atoms. The smallest absolute Gasteiger partial charge is 0.131 e. The lowest BCUT2D eigenvalue weighted by molar-refractivity contribution is 0.0847. The molecule has 1 unspecified atom stereocenters. The lowest BCUT2D eigenvalue weighted by Gasteiger charge is -2.31. The summed E-state index contributed by atoms with van der Waals surface area (Å²) in [5, 5.41) is 19.1. The summed E-state index contributed by atoms with van der Waals surface area (Å²) < 4.78 is 26.6. The molecule has 0 saturated carbocycles. The first-order chi connectivity index (χ1) is 9.73. The molecule has 1 atom stereocenters. The van der Waals surface area contributed by atoms with Crippen LogP contribution in [0.5, 0.6) is 0 Å². The summed E-state index contributed by atoms with van der Waals surface area (Å²) in [5.74, 6) is -1.39. The van der Waals surface area contributed by atoms with Crippen LogP contribution in [0, 0.1) is 17.0 Å². The van der Waals surface area contributed by atoms with Gasteiger partial charge in [-0.15, -0.1) is 0 Å². The largest absolute Gasteiger partial charge is 0.396 e. The first kappa shape index (κ1) is 18.0. The molecule has 2 N–H and O–H groups in total. The minimum absolute atomic E-state index is 0.0243. The molecule has 1 rings (SSSR count). The molecule has 120 valence electrons. The third kappa shape index (κ3) is 6.50. The number of hydrogen-bond donors (Lipinski definition) is 2. The number of nitrogens with zero attached hydrogens (tertiary/aromatic N) is 1. The zero-order chi connectivity index (χ0) is 16.0. The average molecular weight is 301 g/mol. The highest BCUT2D eigenvalue weighted by Crippen LogP contribution is 2.22. The van der Waals surface area contributed by atoms with Gasteiger partial charge in [0, 0.05) is 37.9 Å². The topological polar surface area (TPSA) is 43.7 Å². The third-order valence-electron chi connectivity index (χ3n) is 3.08. The molecule has 0 radical (unpaired) electrons. The Morgan fingerprint density at radius 2 is 1.90 bits per heavy atom. The second-order valence-corrected chi connectivity index (χ2v) is 6.55. The number of aliphatic hydroxyl groups excluding tert-OH is 2. The van der Waals surface area contributed by atoms with Crippen LogP contribution in [0.4, 0.5) is 8.78 Å². The van der Waals surface area contributed by atoms with Gasteiger partial charge in [0.15, 0.2) is 0 Å². The molecule has 5 heteroatoms. The fourth-order valence-electron chi connectivity index (χ4n) is 2.31. The molecule has 21 heavy (non-hydrogen) atoms. The SMILES string of the molecule is CC(C)(C)CN(CCCO)CC(O)c1ccc(F)cc1F. The predicted octanol–water partition coefficient (Wildman–Crippen LogP) is 2.73. The summed E-state index contributed by atoms with van der Waals surface area (Å²) in [5.41, 5.74) is 0.121. The van der Waals surface area contributed by atoms with Crippen LogP contribution in [0.3, 0.4) is 0 Å². The van der Waals surface area contributed by atoms with Crippen LogP contribution in [-0.4, -0.2) is 41.4 Å². The Labute approximate surface area is 125 Å². The van der Waals surface area contributed by atoms with Gasteiger partial charge < -0.3 is 10.2 Å². The Kier molecular flexibility index (Phi) is 6.71. The van der Waals surface area contributed by atoms with Crippen molar-refractivity contribution >= 4 is 0 Å². The van der Waals surface area contributed by atoms with Gasteiger partial charge in [-0.3, -0.25) is 4.90 Å². The molecule has 0 spiro atoms. The number of rotatable bonds is 7. The van der Waals surface area contributed by atoms with Gasteiger partial charge in [0.2, 0.25) is 0 Å². The van der Waals surface area contributed by atoms with E-state index in [9.17, 15) is 13.9 Å². The number of halogens is 2. The van der Waals surface area contributed by atoms with E-state index in [1.807, 2.05) is 4.90 Å². The zero-order valence-electron chi connectivity index (χ0n) is 12.9. The van der Waals surface area contributed by atoms with Crippen molar-refractivity contribution in [3.8, 4) is 0 Å². The molecule has 3 nitrogen and oxygen atoms in total. The second kappa shape index (κ2) is 7.82. The van der Waals surface area contributed by atoms with Gasteiger partial charge in [0.1, 0.15) is 11.6 Å². The fraction of sp³-hybridized carbons (Fsp3) is 0.625. The molecule has 1 aromatic carbocycles. The Bertz CT molecular complexity index is 446. The maximum absolute atomic E-state index is 13.7. The molecule has 0 aliphatic heterocycles. The lowest BCUT2D eigenvalue weighted by Crippen LogP contribution is -2.37. The highest BCUT2D eigenvalue weighted by molar-refractivity contribution is 5.21. The average Bonchev–Trinajstić information content (AvgIpc) is 2.33. The minimum atomic E-state index is -1.02. The molecular weight excluding hydrogens is 276 g/mol. The summed E-state index contributed by atoms with van der Waals surface area (Å²) >= 11 is 0. The zero-order valence-corrected chi connectivity index (χ0v) is 12.9. The number of aliphatic hydroxyl groups is 2. The Morgan fingerprint density at radius 3 is 2.43 bits per heavy atom. The van der Waals surface area contributed by atoms with Crippen molar-refractivity contribution in [3.05, 3.63) is 35.4 Å². The van der Waals surface area contributed by atoms with Crippen molar-refractivity contribution in [1.29, 1.82) is 0 Å². The van der Waals surface area contributed by atoms with Crippen LogP contribution < -0.4 is 0 Å². The van der Waals surface area contributed by atoms with E-state index in [-0.39, 0.29) is 24.1 Å². The van der Waals surface area contributed by atoms with Gasteiger partial charge in [-0.1, -0.05) is 26.8 Å². The normalized spacial score (nSPS) is 13.7. The molecular formula is C16H25F2NO2. The first-order valence-corrected chi connectivity index (χ1v) is 7.19. The van der Waals surface area contributed by atoms with Gasteiger partial charge in [-0.25, -0.2) is 8.78 Å². The molecule has 0 fully saturated rings. The summed E-state index contributed by atoms with van der Waals surface area (Å²) in [6, 6.07) is 3.19. The summed E-state index contributed by atoms with van der Waals surface area (Å²) in [7, 11) is 0. The van der Waals surface area contributed by atoms with Crippen molar-refractivity contribution in [2.45, 2.75) is 33.3 Å². The monoisotopic (exact) mass is 301 g/mol. The highest BCUT2D eigenvalue weighted by Gasteiger charge is 2.21. The minimum Gasteiger partial charge on any atom is -0.396 e. The maximum Gasteiger partial charge on any atom is 0.131 e. The first-order valence-electron chi connectivity index (χ1n) is 7.19. The van der Waals surface area contributed by atoms with Crippen molar-refractivity contribution in [3.63, 3.8) is 0 Å². The summed E-state index contributed by atoms with van der Waals surface area (Å²) in [6.07, 6.45) is -0.430. The Morgan fingerprint density at radius 1 is 1.24 bits per heavy atom. The maximum atomic E-state index is 13.7. The van der Waals surface area contributed by atoms with Crippen molar-refractivity contribution < 1.29 is 19.0 Å². The van der Waals surface area contributed by atoms with Gasteiger partial charge in [0.05, 0.1) is 6.10 Å². The van der Waals surface area contributed by atoms with E-state index in [4.69, 9.17) is 5.11 Å². The van der Waals surface area contributed by atoms with Gasteiger partial charge >= 0.3 is 0 Å². The molecule has 0 heterocycles. The van der Waals surface area contributed by atoms with Gasteiger partial charge in [-0.2, -0.15) is 0 Å². The summed E-state index contributed by atoms with van der Waals surface area (Å²) in [4.78, 5) is 1.99. The Hall–Kier alpha value is -1.04. The van der Waals surface area contributed by atoms with Crippen molar-refractivity contribution in [2.75, 3.05) is 26.2 Å². The van der Waals surface area contributed by atoms with E-state index in [2.05, 4.69) is 20.8 Å². The fourth-order valence-corrected chi connectivity index (χ4v) is 2.31. The van der Waals surface area contributed by atoms with Gasteiger partial charge in [0.25, 0.3) is 0 Å². The number of benzene rings is 1. The second-order valence-electron chi connectivity index (χ2n) is 6.55. The molecule has 1 aromatic rings. The van der Waals surface area contributed by atoms with Crippen LogP contribution >= 0.6 is 0 Å². The van der Waals surface area contributed by atoms with Crippen molar-refractivity contribution in [1.82, 2.24) is 4.90 Å². The lowest BCUT2D eigenvalue weighted by atomic mass is 9.95. The Balaban J connectivity index is 2.76. The van der Waals surface area contributed by atoms with E-state index in [0.717, 1.165) is 12.1 Å². The standard InChI is InChI=1S/C16H25F2NO2/c1-16(2,3)11-19(7-4-8-20)10-15(21)13-6-5-12(17)9-14(13)18/h5-6,9,15,20-21H,4,7-8,10-11H2,1-3H3. The van der Waals surface area contributed by atoms with Crippen LogP contribution in [-0.2, 0) is 0 Å². The van der Waals surface area contributed by atoms with E-state index >= 15 is 0 Å². The molecule has 0 amide bonds. The quantitative estimate of drug-likeness (QED) is 0.814. The van der Waals surface area contributed by atoms with Crippen LogP contribution in [0.1, 0.15) is 38.9 Å². The predicted molar refractivity (Wildman–Crippen MR) is 78.9 cm³/mol. The highest BCUT2D eigenvalue weighted by atomic mass is 19.1. The van der Waals surface area contributed by atoms with E-state index in [1.54, 1.807) is 0 Å². The van der Waals surface area contributed by atoms with Crippen LogP contribution in [0.2, 0.25) is 0 Å².